The van der Waals surface area contributed by atoms with Gasteiger partial charge in [-0.25, -0.2) is 4.99 Å². The molecule has 1 aliphatic rings. The van der Waals surface area contributed by atoms with Crippen molar-refractivity contribution in [3.63, 3.8) is 0 Å². The second kappa shape index (κ2) is 7.57. The van der Waals surface area contributed by atoms with E-state index >= 15 is 0 Å². The molecule has 0 saturated carbocycles. The standard InChI is InChI=1S/C20H20N2O2S/c1-14(2)13-22-19(24)18(12-15-7-6-10-17(23)11-15)25-20(22)21-16-8-4-3-5-9-16/h3-12,14,23H,13H2,1-2H3/b18-12+,21-20?. The molecule has 0 aliphatic carbocycles. The molecule has 3 rings (SSSR count). The Balaban J connectivity index is 1.95. The minimum absolute atomic E-state index is 0.0447. The van der Waals surface area contributed by atoms with Crippen LogP contribution in [-0.2, 0) is 4.79 Å². The maximum Gasteiger partial charge on any atom is 0.266 e. The second-order valence-corrected chi connectivity index (χ2v) is 7.25. The Morgan fingerprint density at radius 1 is 1.16 bits per heavy atom. The zero-order valence-electron chi connectivity index (χ0n) is 14.2. The first kappa shape index (κ1) is 17.3. The fourth-order valence-corrected chi connectivity index (χ4v) is 3.50. The number of aromatic hydroxyl groups is 1. The number of hydrogen-bond acceptors (Lipinski definition) is 4. The van der Waals surface area contributed by atoms with E-state index in [0.29, 0.717) is 22.5 Å². The molecule has 1 saturated heterocycles. The maximum absolute atomic E-state index is 12.8. The van der Waals surface area contributed by atoms with Crippen molar-refractivity contribution in [3.8, 4) is 5.75 Å². The topological polar surface area (TPSA) is 52.9 Å². The highest BCUT2D eigenvalue weighted by Crippen LogP contribution is 2.34. The number of carbonyl (C=O) groups excluding carboxylic acids is 1. The Labute approximate surface area is 151 Å². The van der Waals surface area contributed by atoms with E-state index < -0.39 is 0 Å². The number of rotatable bonds is 4. The summed E-state index contributed by atoms with van der Waals surface area (Å²) < 4.78 is 0. The molecule has 0 spiro atoms. The van der Waals surface area contributed by atoms with Gasteiger partial charge in [0.05, 0.1) is 10.6 Å². The number of nitrogens with zero attached hydrogens (tertiary/aromatic N) is 2. The smallest absolute Gasteiger partial charge is 0.266 e. The minimum Gasteiger partial charge on any atom is -0.508 e. The quantitative estimate of drug-likeness (QED) is 0.815. The summed E-state index contributed by atoms with van der Waals surface area (Å²) in [5.41, 5.74) is 1.62. The lowest BCUT2D eigenvalue weighted by Gasteiger charge is -2.17. The van der Waals surface area contributed by atoms with Crippen molar-refractivity contribution in [1.29, 1.82) is 0 Å². The lowest BCUT2D eigenvalue weighted by atomic mass is 10.2. The van der Waals surface area contributed by atoms with Crippen LogP contribution < -0.4 is 0 Å². The molecule has 4 nitrogen and oxygen atoms in total. The lowest BCUT2D eigenvalue weighted by Crippen LogP contribution is -2.32. The Kier molecular flexibility index (Phi) is 5.24. The van der Waals surface area contributed by atoms with Gasteiger partial charge in [-0.3, -0.25) is 9.69 Å². The van der Waals surface area contributed by atoms with Gasteiger partial charge in [-0.2, -0.15) is 0 Å². The summed E-state index contributed by atoms with van der Waals surface area (Å²) in [6.45, 7) is 4.78. The number of hydrogen-bond donors (Lipinski definition) is 1. The molecule has 5 heteroatoms. The van der Waals surface area contributed by atoms with Crippen LogP contribution in [0.5, 0.6) is 5.75 Å². The third-order valence-corrected chi connectivity index (χ3v) is 4.59. The van der Waals surface area contributed by atoms with Gasteiger partial charge in [0.2, 0.25) is 0 Å². The highest BCUT2D eigenvalue weighted by Gasteiger charge is 2.33. The van der Waals surface area contributed by atoms with Gasteiger partial charge in [-0.1, -0.05) is 44.2 Å². The molecule has 2 aromatic rings. The molecule has 0 bridgehead atoms. The van der Waals surface area contributed by atoms with Crippen molar-refractivity contribution < 1.29 is 9.90 Å². The Morgan fingerprint density at radius 3 is 2.60 bits per heavy atom. The monoisotopic (exact) mass is 352 g/mol. The Bertz CT molecular complexity index is 829. The predicted molar refractivity (Wildman–Crippen MR) is 104 cm³/mol. The van der Waals surface area contributed by atoms with E-state index in [9.17, 15) is 9.90 Å². The molecule has 1 amide bonds. The molecule has 0 aromatic heterocycles. The van der Waals surface area contributed by atoms with Gasteiger partial charge in [0.25, 0.3) is 5.91 Å². The summed E-state index contributed by atoms with van der Waals surface area (Å²) in [4.78, 5) is 19.8. The number of para-hydroxylation sites is 1. The van der Waals surface area contributed by atoms with E-state index in [2.05, 4.69) is 18.8 Å². The van der Waals surface area contributed by atoms with Crippen LogP contribution in [-0.4, -0.2) is 27.6 Å². The minimum atomic E-state index is -0.0447. The molecular weight excluding hydrogens is 332 g/mol. The van der Waals surface area contributed by atoms with E-state index in [1.807, 2.05) is 36.4 Å². The number of amidine groups is 1. The molecule has 128 valence electrons. The average Bonchev–Trinajstić information content (AvgIpc) is 2.84. The number of amides is 1. The molecule has 0 atom stereocenters. The van der Waals surface area contributed by atoms with Crippen molar-refractivity contribution in [2.45, 2.75) is 13.8 Å². The van der Waals surface area contributed by atoms with Gasteiger partial charge in [-0.05, 0) is 53.6 Å². The van der Waals surface area contributed by atoms with E-state index in [0.717, 1.165) is 11.3 Å². The second-order valence-electron chi connectivity index (χ2n) is 6.25. The van der Waals surface area contributed by atoms with E-state index in [4.69, 9.17) is 0 Å². The number of carbonyl (C=O) groups is 1. The first-order chi connectivity index (χ1) is 12.0. The van der Waals surface area contributed by atoms with Crippen molar-refractivity contribution in [2.24, 2.45) is 10.9 Å². The van der Waals surface area contributed by atoms with Crippen molar-refractivity contribution in [2.75, 3.05) is 6.54 Å². The maximum atomic E-state index is 12.8. The highest BCUT2D eigenvalue weighted by atomic mass is 32.2. The molecule has 1 aliphatic heterocycles. The van der Waals surface area contributed by atoms with Gasteiger partial charge in [0.1, 0.15) is 5.75 Å². The van der Waals surface area contributed by atoms with Gasteiger partial charge in [0, 0.05) is 6.54 Å². The molecule has 1 fully saturated rings. The number of benzene rings is 2. The summed E-state index contributed by atoms with van der Waals surface area (Å²) in [6, 6.07) is 16.5. The Morgan fingerprint density at radius 2 is 1.92 bits per heavy atom. The summed E-state index contributed by atoms with van der Waals surface area (Å²) in [5, 5.41) is 10.3. The van der Waals surface area contributed by atoms with Gasteiger partial charge >= 0.3 is 0 Å². The van der Waals surface area contributed by atoms with Crippen molar-refractivity contribution in [3.05, 3.63) is 65.1 Å². The highest BCUT2D eigenvalue weighted by molar-refractivity contribution is 8.18. The predicted octanol–water partition coefficient (Wildman–Crippen LogP) is 4.65. The van der Waals surface area contributed by atoms with Crippen LogP contribution >= 0.6 is 11.8 Å². The van der Waals surface area contributed by atoms with Crippen LogP contribution in [0.15, 0.2) is 64.5 Å². The largest absolute Gasteiger partial charge is 0.508 e. The molecule has 1 N–H and O–H groups in total. The van der Waals surface area contributed by atoms with Crippen LogP contribution in [0.4, 0.5) is 5.69 Å². The number of thioether (sulfide) groups is 1. The summed E-state index contributed by atoms with van der Waals surface area (Å²) in [7, 11) is 0. The van der Waals surface area contributed by atoms with E-state index in [1.165, 1.54) is 11.8 Å². The normalized spacial score (nSPS) is 17.9. The van der Waals surface area contributed by atoms with Crippen molar-refractivity contribution in [1.82, 2.24) is 4.90 Å². The molecule has 0 unspecified atom stereocenters. The van der Waals surface area contributed by atoms with Crippen LogP contribution in [0.3, 0.4) is 0 Å². The van der Waals surface area contributed by atoms with E-state index in [1.54, 1.807) is 29.2 Å². The molecule has 2 aromatic carbocycles. The third-order valence-electron chi connectivity index (χ3n) is 3.58. The summed E-state index contributed by atoms with van der Waals surface area (Å²) in [6.07, 6.45) is 1.80. The van der Waals surface area contributed by atoms with Crippen LogP contribution in [0, 0.1) is 5.92 Å². The first-order valence-corrected chi connectivity index (χ1v) is 8.99. The lowest BCUT2D eigenvalue weighted by molar-refractivity contribution is -0.122. The fraction of sp³-hybridized carbons (Fsp3) is 0.200. The molecule has 0 radical (unpaired) electrons. The third kappa shape index (κ3) is 4.31. The number of phenols is 1. The number of phenolic OH excluding ortho intramolecular Hbond substituents is 1. The van der Waals surface area contributed by atoms with Crippen LogP contribution in [0.25, 0.3) is 6.08 Å². The average molecular weight is 352 g/mol. The number of aliphatic imine (C=N–C) groups is 1. The zero-order chi connectivity index (χ0) is 17.8. The van der Waals surface area contributed by atoms with Gasteiger partial charge in [0.15, 0.2) is 5.17 Å². The van der Waals surface area contributed by atoms with Crippen LogP contribution in [0.2, 0.25) is 0 Å². The van der Waals surface area contributed by atoms with E-state index in [-0.39, 0.29) is 11.7 Å². The SMILES string of the molecule is CC(C)CN1C(=O)/C(=C\c2cccc(O)c2)SC1=Nc1ccccc1. The summed E-state index contributed by atoms with van der Waals surface area (Å²) >= 11 is 1.37. The fourth-order valence-electron chi connectivity index (χ4n) is 2.50. The zero-order valence-corrected chi connectivity index (χ0v) is 15.0. The van der Waals surface area contributed by atoms with Gasteiger partial charge in [-0.15, -0.1) is 0 Å². The Hall–Kier alpha value is -2.53. The first-order valence-electron chi connectivity index (χ1n) is 8.17. The van der Waals surface area contributed by atoms with Crippen molar-refractivity contribution >= 4 is 34.6 Å². The van der Waals surface area contributed by atoms with Gasteiger partial charge < -0.3 is 5.11 Å². The molecule has 25 heavy (non-hydrogen) atoms. The summed E-state index contributed by atoms with van der Waals surface area (Å²) in [5.74, 6) is 0.476. The van der Waals surface area contributed by atoms with Crippen LogP contribution in [0.1, 0.15) is 19.4 Å². The molecular formula is C20H20N2O2S. The molecule has 1 heterocycles.